The smallest absolute Gasteiger partial charge is 0.166 e. The molecular formula is C10H13BrN2O. The lowest BCUT2D eigenvalue weighted by atomic mass is 10.1. The first-order valence-corrected chi connectivity index (χ1v) is 5.17. The third-order valence-corrected chi connectivity index (χ3v) is 2.41. The molecule has 0 bridgehead atoms. The first-order chi connectivity index (χ1) is 6.65. The maximum absolute atomic E-state index is 11.6. The molecule has 0 radical (unpaired) electrons. The Labute approximate surface area is 91.8 Å². The first-order valence-electron chi connectivity index (χ1n) is 4.38. The Morgan fingerprint density at radius 3 is 2.93 bits per heavy atom. The molecule has 76 valence electrons. The lowest BCUT2D eigenvalue weighted by Gasteiger charge is -2.04. The molecule has 0 saturated heterocycles. The van der Waals surface area contributed by atoms with Crippen LogP contribution in [0.25, 0.3) is 0 Å². The Kier molecular flexibility index (Phi) is 4.10. The normalized spacial score (nSPS) is 10.1. The van der Waals surface area contributed by atoms with Gasteiger partial charge in [0.1, 0.15) is 0 Å². The number of benzene rings is 1. The van der Waals surface area contributed by atoms with Gasteiger partial charge in [-0.3, -0.25) is 4.79 Å². The largest absolute Gasteiger partial charge is 0.398 e. The maximum atomic E-state index is 11.6. The van der Waals surface area contributed by atoms with Gasteiger partial charge < -0.3 is 11.1 Å². The number of carbonyl (C=O) groups is 1. The highest BCUT2D eigenvalue weighted by Crippen LogP contribution is 2.19. The molecule has 0 aromatic heterocycles. The van der Waals surface area contributed by atoms with E-state index in [1.54, 1.807) is 12.1 Å². The number of Topliss-reactive ketones (excluding diaryl/α,β-unsaturated/α-hetero) is 1. The minimum Gasteiger partial charge on any atom is -0.398 e. The van der Waals surface area contributed by atoms with Gasteiger partial charge in [-0.05, 0) is 25.2 Å². The monoisotopic (exact) mass is 256 g/mol. The van der Waals surface area contributed by atoms with Crippen LogP contribution >= 0.6 is 15.9 Å². The molecule has 0 atom stereocenters. The zero-order valence-corrected chi connectivity index (χ0v) is 9.60. The second kappa shape index (κ2) is 5.12. The fourth-order valence-corrected chi connectivity index (χ4v) is 1.50. The van der Waals surface area contributed by atoms with E-state index in [-0.39, 0.29) is 5.78 Å². The Hall–Kier alpha value is -0.870. The predicted molar refractivity (Wildman–Crippen MR) is 61.4 cm³/mol. The molecule has 0 fully saturated rings. The summed E-state index contributed by atoms with van der Waals surface area (Å²) < 4.78 is 0.875. The summed E-state index contributed by atoms with van der Waals surface area (Å²) >= 11 is 3.31. The van der Waals surface area contributed by atoms with E-state index in [1.165, 1.54) is 0 Å². The molecule has 1 rings (SSSR count). The zero-order valence-electron chi connectivity index (χ0n) is 8.01. The van der Waals surface area contributed by atoms with E-state index in [0.717, 1.165) is 4.47 Å². The fourth-order valence-electron chi connectivity index (χ4n) is 1.14. The summed E-state index contributed by atoms with van der Waals surface area (Å²) in [4.78, 5) is 11.6. The highest BCUT2D eigenvalue weighted by Gasteiger charge is 2.09. The average molecular weight is 257 g/mol. The molecule has 1 aromatic carbocycles. The second-order valence-corrected chi connectivity index (χ2v) is 3.92. The van der Waals surface area contributed by atoms with Crippen molar-refractivity contribution in [3.05, 3.63) is 28.2 Å². The van der Waals surface area contributed by atoms with Gasteiger partial charge in [0.2, 0.25) is 0 Å². The van der Waals surface area contributed by atoms with Gasteiger partial charge in [0, 0.05) is 28.7 Å². The third kappa shape index (κ3) is 2.82. The van der Waals surface area contributed by atoms with Crippen LogP contribution < -0.4 is 11.1 Å². The van der Waals surface area contributed by atoms with Crippen molar-refractivity contribution >= 4 is 27.4 Å². The van der Waals surface area contributed by atoms with E-state index in [4.69, 9.17) is 5.73 Å². The van der Waals surface area contributed by atoms with Crippen LogP contribution in [-0.2, 0) is 0 Å². The van der Waals surface area contributed by atoms with Gasteiger partial charge in [-0.1, -0.05) is 15.9 Å². The van der Waals surface area contributed by atoms with Gasteiger partial charge in [-0.2, -0.15) is 0 Å². The summed E-state index contributed by atoms with van der Waals surface area (Å²) in [5, 5.41) is 2.93. The maximum Gasteiger partial charge on any atom is 0.166 e. The molecule has 0 heterocycles. The SMILES string of the molecule is CNCCC(=O)c1cc(Br)ccc1N. The number of hydrogen-bond acceptors (Lipinski definition) is 3. The summed E-state index contributed by atoms with van der Waals surface area (Å²) in [7, 11) is 1.82. The zero-order chi connectivity index (χ0) is 10.6. The number of nitrogen functional groups attached to an aromatic ring is 1. The van der Waals surface area contributed by atoms with Gasteiger partial charge in [0.05, 0.1) is 0 Å². The van der Waals surface area contributed by atoms with Crippen LogP contribution in [0, 0.1) is 0 Å². The van der Waals surface area contributed by atoms with Gasteiger partial charge in [-0.25, -0.2) is 0 Å². The number of hydrogen-bond donors (Lipinski definition) is 2. The number of carbonyl (C=O) groups excluding carboxylic acids is 1. The number of nitrogens with two attached hydrogens (primary N) is 1. The van der Waals surface area contributed by atoms with Gasteiger partial charge in [-0.15, -0.1) is 0 Å². The first kappa shape index (κ1) is 11.2. The van der Waals surface area contributed by atoms with Crippen LogP contribution in [0.5, 0.6) is 0 Å². The van der Waals surface area contributed by atoms with Gasteiger partial charge in [0.25, 0.3) is 0 Å². The highest BCUT2D eigenvalue weighted by atomic mass is 79.9. The third-order valence-electron chi connectivity index (χ3n) is 1.92. The molecule has 0 spiro atoms. The van der Waals surface area contributed by atoms with Crippen molar-refractivity contribution in [2.45, 2.75) is 6.42 Å². The molecule has 0 unspecified atom stereocenters. The molecule has 0 amide bonds. The van der Waals surface area contributed by atoms with E-state index in [9.17, 15) is 4.79 Å². The number of nitrogens with one attached hydrogen (secondary N) is 1. The lowest BCUT2D eigenvalue weighted by molar-refractivity contribution is 0.0984. The van der Waals surface area contributed by atoms with Crippen molar-refractivity contribution in [3.8, 4) is 0 Å². The van der Waals surface area contributed by atoms with E-state index >= 15 is 0 Å². The van der Waals surface area contributed by atoms with Crippen LogP contribution in [0.2, 0.25) is 0 Å². The standard InChI is InChI=1S/C10H13BrN2O/c1-13-5-4-10(14)8-6-7(11)2-3-9(8)12/h2-3,6,13H,4-5,12H2,1H3. The van der Waals surface area contributed by atoms with Crippen molar-refractivity contribution < 1.29 is 4.79 Å². The predicted octanol–water partition coefficient (Wildman–Crippen LogP) is 1.82. The topological polar surface area (TPSA) is 55.1 Å². The lowest BCUT2D eigenvalue weighted by Crippen LogP contribution is -2.14. The molecule has 3 N–H and O–H groups in total. The fraction of sp³-hybridized carbons (Fsp3) is 0.300. The Balaban J connectivity index is 2.83. The van der Waals surface area contributed by atoms with E-state index < -0.39 is 0 Å². The Morgan fingerprint density at radius 1 is 1.57 bits per heavy atom. The number of anilines is 1. The van der Waals surface area contributed by atoms with Gasteiger partial charge >= 0.3 is 0 Å². The average Bonchev–Trinajstić information content (AvgIpc) is 2.18. The molecule has 4 heteroatoms. The summed E-state index contributed by atoms with van der Waals surface area (Å²) in [5.41, 5.74) is 6.83. The number of ketones is 1. The summed E-state index contributed by atoms with van der Waals surface area (Å²) in [5.74, 6) is 0.0677. The van der Waals surface area contributed by atoms with E-state index in [2.05, 4.69) is 21.2 Å². The van der Waals surface area contributed by atoms with Crippen LogP contribution in [0.3, 0.4) is 0 Å². The number of rotatable bonds is 4. The van der Waals surface area contributed by atoms with Crippen LogP contribution in [0.1, 0.15) is 16.8 Å². The number of halogens is 1. The molecule has 1 aromatic rings. The van der Waals surface area contributed by atoms with E-state index in [1.807, 2.05) is 13.1 Å². The molecular weight excluding hydrogens is 244 g/mol. The molecule has 0 saturated carbocycles. The van der Waals surface area contributed by atoms with Crippen molar-refractivity contribution in [1.82, 2.24) is 5.32 Å². The van der Waals surface area contributed by atoms with Gasteiger partial charge in [0.15, 0.2) is 5.78 Å². The van der Waals surface area contributed by atoms with Crippen molar-refractivity contribution in [3.63, 3.8) is 0 Å². The summed E-state index contributed by atoms with van der Waals surface area (Å²) in [6, 6.07) is 5.31. The molecule has 0 aliphatic carbocycles. The Bertz CT molecular complexity index is 339. The van der Waals surface area contributed by atoms with E-state index in [0.29, 0.717) is 24.2 Å². The highest BCUT2D eigenvalue weighted by molar-refractivity contribution is 9.10. The summed E-state index contributed by atoms with van der Waals surface area (Å²) in [6.45, 7) is 0.671. The van der Waals surface area contributed by atoms with Crippen LogP contribution in [0.15, 0.2) is 22.7 Å². The Morgan fingerprint density at radius 2 is 2.29 bits per heavy atom. The molecule has 0 aliphatic rings. The van der Waals surface area contributed by atoms with Crippen molar-refractivity contribution in [1.29, 1.82) is 0 Å². The van der Waals surface area contributed by atoms with Crippen molar-refractivity contribution in [2.75, 3.05) is 19.3 Å². The molecule has 14 heavy (non-hydrogen) atoms. The quantitative estimate of drug-likeness (QED) is 0.639. The minimum absolute atomic E-state index is 0.0677. The van der Waals surface area contributed by atoms with Crippen molar-refractivity contribution in [2.24, 2.45) is 0 Å². The second-order valence-electron chi connectivity index (χ2n) is 3.01. The molecule has 3 nitrogen and oxygen atoms in total. The van der Waals surface area contributed by atoms with Crippen LogP contribution in [-0.4, -0.2) is 19.4 Å². The summed E-state index contributed by atoms with van der Waals surface area (Å²) in [6.07, 6.45) is 0.469. The minimum atomic E-state index is 0.0677. The van der Waals surface area contributed by atoms with Crippen LogP contribution in [0.4, 0.5) is 5.69 Å². The molecule has 0 aliphatic heterocycles.